The first-order chi connectivity index (χ1) is 8.00. The predicted molar refractivity (Wildman–Crippen MR) is 71.3 cm³/mol. The van der Waals surface area contributed by atoms with Crippen molar-refractivity contribution in [3.05, 3.63) is 0 Å². The smallest absolute Gasteiger partial charge is 0.0710 e. The molecular weight excluding hydrogens is 212 g/mol. The monoisotopic (exact) mass is 240 g/mol. The van der Waals surface area contributed by atoms with Crippen molar-refractivity contribution in [3.63, 3.8) is 0 Å². The second-order valence-corrected chi connectivity index (χ2v) is 6.53. The van der Waals surface area contributed by atoms with Gasteiger partial charge in [-0.3, -0.25) is 9.80 Å². The molecule has 0 bridgehead atoms. The van der Waals surface area contributed by atoms with E-state index >= 15 is 0 Å². The standard InChI is InChI=1S/C14H28N2O/c1-14(2,3)16-9-5-12(6-10-16)15-8-7-13(11-15)17-4/h12-13H,5-11H2,1-4H3/t13-/m0/s1. The van der Waals surface area contributed by atoms with Crippen LogP contribution < -0.4 is 0 Å². The summed E-state index contributed by atoms with van der Waals surface area (Å²) in [5, 5.41) is 0. The summed E-state index contributed by atoms with van der Waals surface area (Å²) in [6.45, 7) is 11.9. The minimum atomic E-state index is 0.338. The molecule has 0 aromatic carbocycles. The van der Waals surface area contributed by atoms with Crippen LogP contribution in [0.5, 0.6) is 0 Å². The number of nitrogens with zero attached hydrogens (tertiary/aromatic N) is 2. The van der Waals surface area contributed by atoms with Gasteiger partial charge in [0.15, 0.2) is 0 Å². The van der Waals surface area contributed by atoms with Gasteiger partial charge in [0.25, 0.3) is 0 Å². The van der Waals surface area contributed by atoms with E-state index in [4.69, 9.17) is 4.74 Å². The largest absolute Gasteiger partial charge is 0.380 e. The van der Waals surface area contributed by atoms with Crippen LogP contribution in [0.1, 0.15) is 40.0 Å². The van der Waals surface area contributed by atoms with Crippen LogP contribution >= 0.6 is 0 Å². The van der Waals surface area contributed by atoms with Crippen molar-refractivity contribution >= 4 is 0 Å². The van der Waals surface area contributed by atoms with Gasteiger partial charge in [-0.2, -0.15) is 0 Å². The molecule has 100 valence electrons. The van der Waals surface area contributed by atoms with Crippen molar-refractivity contribution in [2.24, 2.45) is 0 Å². The Morgan fingerprint density at radius 3 is 2.12 bits per heavy atom. The van der Waals surface area contributed by atoms with Crippen LogP contribution in [0.25, 0.3) is 0 Å². The quantitative estimate of drug-likeness (QED) is 0.734. The van der Waals surface area contributed by atoms with Gasteiger partial charge < -0.3 is 4.74 Å². The number of rotatable bonds is 2. The summed E-state index contributed by atoms with van der Waals surface area (Å²) in [5.41, 5.74) is 0.338. The van der Waals surface area contributed by atoms with Crippen molar-refractivity contribution in [3.8, 4) is 0 Å². The third kappa shape index (κ3) is 3.21. The zero-order valence-electron chi connectivity index (χ0n) is 11.9. The Bertz CT molecular complexity index is 241. The van der Waals surface area contributed by atoms with Gasteiger partial charge in [0.1, 0.15) is 0 Å². The predicted octanol–water partition coefficient (Wildman–Crippen LogP) is 1.97. The van der Waals surface area contributed by atoms with Crippen LogP contribution in [0, 0.1) is 0 Å². The molecule has 0 spiro atoms. The average molecular weight is 240 g/mol. The fraction of sp³-hybridized carbons (Fsp3) is 1.00. The number of ether oxygens (including phenoxy) is 1. The summed E-state index contributed by atoms with van der Waals surface area (Å²) in [7, 11) is 1.84. The third-order valence-corrected chi connectivity index (χ3v) is 4.44. The fourth-order valence-corrected chi connectivity index (χ4v) is 3.18. The topological polar surface area (TPSA) is 15.7 Å². The summed E-state index contributed by atoms with van der Waals surface area (Å²) in [6.07, 6.45) is 4.35. The van der Waals surface area contributed by atoms with Gasteiger partial charge in [-0.15, -0.1) is 0 Å². The lowest BCUT2D eigenvalue weighted by Crippen LogP contribution is -2.50. The summed E-state index contributed by atoms with van der Waals surface area (Å²) in [6, 6.07) is 0.800. The minimum Gasteiger partial charge on any atom is -0.380 e. The van der Waals surface area contributed by atoms with E-state index in [0.29, 0.717) is 11.6 Å². The van der Waals surface area contributed by atoms with E-state index < -0.39 is 0 Å². The first-order valence-corrected chi connectivity index (χ1v) is 7.02. The van der Waals surface area contributed by atoms with E-state index in [9.17, 15) is 0 Å². The highest BCUT2D eigenvalue weighted by molar-refractivity contribution is 4.88. The van der Waals surface area contributed by atoms with E-state index in [1.807, 2.05) is 7.11 Å². The Balaban J connectivity index is 1.80. The third-order valence-electron chi connectivity index (χ3n) is 4.44. The number of piperidine rings is 1. The lowest BCUT2D eigenvalue weighted by atomic mass is 9.97. The van der Waals surface area contributed by atoms with E-state index in [2.05, 4.69) is 30.6 Å². The molecule has 0 amide bonds. The average Bonchev–Trinajstić information content (AvgIpc) is 2.76. The maximum atomic E-state index is 5.46. The van der Waals surface area contributed by atoms with E-state index in [0.717, 1.165) is 12.6 Å². The maximum Gasteiger partial charge on any atom is 0.0710 e. The SMILES string of the molecule is CO[C@H]1CCN(C2CCN(C(C)(C)C)CC2)C1. The van der Waals surface area contributed by atoms with Gasteiger partial charge in [0, 0.05) is 44.9 Å². The molecular formula is C14H28N2O. The van der Waals surface area contributed by atoms with E-state index in [1.54, 1.807) is 0 Å². The van der Waals surface area contributed by atoms with Gasteiger partial charge in [0.05, 0.1) is 6.10 Å². The van der Waals surface area contributed by atoms with Crippen molar-refractivity contribution in [2.45, 2.75) is 57.7 Å². The molecule has 0 N–H and O–H groups in total. The van der Waals surface area contributed by atoms with Gasteiger partial charge in [-0.05, 0) is 40.0 Å². The number of likely N-dealkylation sites (tertiary alicyclic amines) is 2. The molecule has 3 nitrogen and oxygen atoms in total. The zero-order chi connectivity index (χ0) is 12.5. The normalized spacial score (nSPS) is 30.0. The van der Waals surface area contributed by atoms with Gasteiger partial charge in [-0.1, -0.05) is 0 Å². The molecule has 2 rings (SSSR count). The minimum absolute atomic E-state index is 0.338. The highest BCUT2D eigenvalue weighted by Crippen LogP contribution is 2.25. The zero-order valence-corrected chi connectivity index (χ0v) is 11.9. The Kier molecular flexibility index (Phi) is 4.11. The molecule has 2 heterocycles. The molecule has 0 aromatic heterocycles. The first kappa shape index (κ1) is 13.3. The molecule has 0 aliphatic carbocycles. The Morgan fingerprint density at radius 1 is 1.00 bits per heavy atom. The lowest BCUT2D eigenvalue weighted by Gasteiger charge is -2.43. The van der Waals surface area contributed by atoms with Crippen LogP contribution in [-0.4, -0.2) is 60.8 Å². The number of hydrogen-bond donors (Lipinski definition) is 0. The molecule has 2 aliphatic heterocycles. The molecule has 17 heavy (non-hydrogen) atoms. The van der Waals surface area contributed by atoms with E-state index in [1.165, 1.54) is 38.9 Å². The number of hydrogen-bond acceptors (Lipinski definition) is 3. The molecule has 2 fully saturated rings. The summed E-state index contributed by atoms with van der Waals surface area (Å²) in [4.78, 5) is 5.27. The molecule has 0 unspecified atom stereocenters. The fourth-order valence-electron chi connectivity index (χ4n) is 3.18. The van der Waals surface area contributed by atoms with Crippen molar-refractivity contribution < 1.29 is 4.74 Å². The van der Waals surface area contributed by atoms with E-state index in [-0.39, 0.29) is 0 Å². The second-order valence-electron chi connectivity index (χ2n) is 6.53. The lowest BCUT2D eigenvalue weighted by molar-refractivity contribution is 0.0537. The molecule has 0 radical (unpaired) electrons. The van der Waals surface area contributed by atoms with Crippen LogP contribution in [0.2, 0.25) is 0 Å². The van der Waals surface area contributed by atoms with Gasteiger partial charge >= 0.3 is 0 Å². The second kappa shape index (κ2) is 5.25. The van der Waals surface area contributed by atoms with Crippen LogP contribution in [0.4, 0.5) is 0 Å². The van der Waals surface area contributed by atoms with Crippen LogP contribution in [-0.2, 0) is 4.74 Å². The maximum absolute atomic E-state index is 5.46. The Labute approximate surface area is 106 Å². The molecule has 0 saturated carbocycles. The van der Waals surface area contributed by atoms with Crippen molar-refractivity contribution in [2.75, 3.05) is 33.3 Å². The summed E-state index contributed by atoms with van der Waals surface area (Å²) in [5.74, 6) is 0. The Hall–Kier alpha value is -0.120. The molecule has 3 heteroatoms. The van der Waals surface area contributed by atoms with Crippen LogP contribution in [0.3, 0.4) is 0 Å². The highest BCUT2D eigenvalue weighted by Gasteiger charge is 2.33. The first-order valence-electron chi connectivity index (χ1n) is 7.02. The van der Waals surface area contributed by atoms with Gasteiger partial charge in [-0.25, -0.2) is 0 Å². The summed E-state index contributed by atoms with van der Waals surface area (Å²) < 4.78 is 5.46. The molecule has 0 aromatic rings. The highest BCUT2D eigenvalue weighted by atomic mass is 16.5. The molecule has 2 aliphatic rings. The Morgan fingerprint density at radius 2 is 1.65 bits per heavy atom. The van der Waals surface area contributed by atoms with Crippen molar-refractivity contribution in [1.29, 1.82) is 0 Å². The summed E-state index contributed by atoms with van der Waals surface area (Å²) >= 11 is 0. The molecule has 1 atom stereocenters. The molecule has 2 saturated heterocycles. The van der Waals surface area contributed by atoms with Crippen molar-refractivity contribution in [1.82, 2.24) is 9.80 Å². The number of methoxy groups -OCH3 is 1. The van der Waals surface area contributed by atoms with Gasteiger partial charge in [0.2, 0.25) is 0 Å². The van der Waals surface area contributed by atoms with Crippen LogP contribution in [0.15, 0.2) is 0 Å².